The van der Waals surface area contributed by atoms with Gasteiger partial charge in [0.2, 0.25) is 0 Å². The molecule has 2 rings (SSSR count). The van der Waals surface area contributed by atoms with Gasteiger partial charge in [-0.05, 0) is 24.3 Å². The molecule has 0 spiro atoms. The van der Waals surface area contributed by atoms with Crippen LogP contribution in [0.15, 0.2) is 33.2 Å². The highest BCUT2D eigenvalue weighted by Gasteiger charge is 2.14. The van der Waals surface area contributed by atoms with Gasteiger partial charge in [0.1, 0.15) is 0 Å². The maximum absolute atomic E-state index is 9.50. The van der Waals surface area contributed by atoms with Crippen molar-refractivity contribution in [2.45, 2.75) is 0 Å². The minimum atomic E-state index is -0.271. The van der Waals surface area contributed by atoms with E-state index in [4.69, 9.17) is 0 Å². The van der Waals surface area contributed by atoms with Crippen molar-refractivity contribution in [3.8, 4) is 34.1 Å². The molecule has 0 aliphatic carbocycles. The van der Waals surface area contributed by atoms with Gasteiger partial charge in [0.25, 0.3) is 0 Å². The molecule has 6 heteroatoms. The summed E-state index contributed by atoms with van der Waals surface area (Å²) in [4.78, 5) is 0. The Bertz CT molecular complexity index is 570. The first-order chi connectivity index (χ1) is 8.40. The third-order valence-electron chi connectivity index (χ3n) is 2.42. The standard InChI is InChI=1S/C12H8Br2O4/c13-7-3-11(17)9(15)1-5(7)6-2-10(16)12(18)4-8(6)14/h1-4,15-18H. The topological polar surface area (TPSA) is 80.9 Å². The van der Waals surface area contributed by atoms with Crippen LogP contribution in [0.25, 0.3) is 11.1 Å². The van der Waals surface area contributed by atoms with Crippen molar-refractivity contribution in [1.29, 1.82) is 0 Å². The predicted octanol–water partition coefficient (Wildman–Crippen LogP) is 3.70. The van der Waals surface area contributed by atoms with E-state index in [1.807, 2.05) is 0 Å². The van der Waals surface area contributed by atoms with Crippen molar-refractivity contribution in [2.75, 3.05) is 0 Å². The molecule has 0 amide bonds. The zero-order valence-electron chi connectivity index (χ0n) is 8.85. The van der Waals surface area contributed by atoms with Gasteiger partial charge < -0.3 is 20.4 Å². The van der Waals surface area contributed by atoms with Crippen LogP contribution in [0.2, 0.25) is 0 Å². The van der Waals surface area contributed by atoms with Crippen LogP contribution in [0.4, 0.5) is 0 Å². The van der Waals surface area contributed by atoms with Crippen molar-refractivity contribution in [3.63, 3.8) is 0 Å². The van der Waals surface area contributed by atoms with E-state index in [1.165, 1.54) is 24.3 Å². The first kappa shape index (κ1) is 13.0. The van der Waals surface area contributed by atoms with Gasteiger partial charge in [-0.25, -0.2) is 0 Å². The summed E-state index contributed by atoms with van der Waals surface area (Å²) in [7, 11) is 0. The molecule has 0 unspecified atom stereocenters. The van der Waals surface area contributed by atoms with E-state index < -0.39 is 0 Å². The van der Waals surface area contributed by atoms with Crippen molar-refractivity contribution in [2.24, 2.45) is 0 Å². The number of hydrogen-bond acceptors (Lipinski definition) is 4. The van der Waals surface area contributed by atoms with Crippen LogP contribution in [-0.2, 0) is 0 Å². The van der Waals surface area contributed by atoms with Gasteiger partial charge in [-0.1, -0.05) is 31.9 Å². The summed E-state index contributed by atoms with van der Waals surface area (Å²) in [6.07, 6.45) is 0. The van der Waals surface area contributed by atoms with Crippen LogP contribution in [-0.4, -0.2) is 20.4 Å². The molecule has 0 aliphatic rings. The number of phenols is 4. The maximum atomic E-state index is 9.50. The fraction of sp³-hybridized carbons (Fsp3) is 0. The van der Waals surface area contributed by atoms with E-state index in [-0.39, 0.29) is 23.0 Å². The van der Waals surface area contributed by atoms with E-state index >= 15 is 0 Å². The van der Waals surface area contributed by atoms with E-state index in [9.17, 15) is 20.4 Å². The summed E-state index contributed by atoms with van der Waals surface area (Å²) in [6.45, 7) is 0. The lowest BCUT2D eigenvalue weighted by molar-refractivity contribution is 0.403. The normalized spacial score (nSPS) is 10.6. The Balaban J connectivity index is 2.69. The lowest BCUT2D eigenvalue weighted by Gasteiger charge is -2.10. The Hall–Kier alpha value is -1.40. The van der Waals surface area contributed by atoms with Crippen molar-refractivity contribution in [3.05, 3.63) is 33.2 Å². The Morgan fingerprint density at radius 3 is 1.17 bits per heavy atom. The monoisotopic (exact) mass is 374 g/mol. The van der Waals surface area contributed by atoms with Gasteiger partial charge in [0, 0.05) is 20.1 Å². The van der Waals surface area contributed by atoms with Gasteiger partial charge in [-0.3, -0.25) is 0 Å². The Labute approximate surface area is 119 Å². The van der Waals surface area contributed by atoms with Crippen LogP contribution in [0.3, 0.4) is 0 Å². The summed E-state index contributed by atoms with van der Waals surface area (Å²) >= 11 is 6.52. The molecule has 0 heterocycles. The third-order valence-corrected chi connectivity index (χ3v) is 3.73. The van der Waals surface area contributed by atoms with Crippen LogP contribution in [0.5, 0.6) is 23.0 Å². The van der Waals surface area contributed by atoms with Crippen molar-refractivity contribution < 1.29 is 20.4 Å². The summed E-state index contributed by atoms with van der Waals surface area (Å²) in [6, 6.07) is 5.41. The lowest BCUT2D eigenvalue weighted by atomic mass is 10.0. The molecule has 0 aromatic heterocycles. The third kappa shape index (κ3) is 2.26. The van der Waals surface area contributed by atoms with E-state index in [1.54, 1.807) is 0 Å². The SMILES string of the molecule is Oc1cc(Br)c(-c2cc(O)c(O)cc2Br)cc1O. The van der Waals surface area contributed by atoms with E-state index in [2.05, 4.69) is 31.9 Å². The summed E-state index contributed by atoms with van der Waals surface area (Å²) in [5, 5.41) is 37.7. The summed E-state index contributed by atoms with van der Waals surface area (Å²) in [5.41, 5.74) is 1.12. The van der Waals surface area contributed by atoms with E-state index in [0.29, 0.717) is 20.1 Å². The smallest absolute Gasteiger partial charge is 0.158 e. The number of hydrogen-bond donors (Lipinski definition) is 4. The van der Waals surface area contributed by atoms with Gasteiger partial charge in [0.05, 0.1) is 0 Å². The second-order valence-electron chi connectivity index (χ2n) is 3.64. The number of benzene rings is 2. The molecule has 0 saturated carbocycles. The zero-order chi connectivity index (χ0) is 13.4. The predicted molar refractivity (Wildman–Crippen MR) is 73.9 cm³/mol. The number of phenolic OH excluding ortho intramolecular Hbond substituents is 4. The van der Waals surface area contributed by atoms with Crippen molar-refractivity contribution in [1.82, 2.24) is 0 Å². The molecule has 2 aromatic rings. The van der Waals surface area contributed by atoms with Crippen LogP contribution in [0, 0.1) is 0 Å². The first-order valence-electron chi connectivity index (χ1n) is 4.83. The highest BCUT2D eigenvalue weighted by atomic mass is 79.9. The quantitative estimate of drug-likeness (QED) is 0.573. The molecule has 2 aromatic carbocycles. The minimum absolute atomic E-state index is 0.246. The Morgan fingerprint density at radius 1 is 0.556 bits per heavy atom. The fourth-order valence-electron chi connectivity index (χ4n) is 1.52. The molecule has 0 aliphatic heterocycles. The molecule has 0 radical (unpaired) electrons. The van der Waals surface area contributed by atoms with Gasteiger partial charge in [0.15, 0.2) is 23.0 Å². The fourth-order valence-corrected chi connectivity index (χ4v) is 2.61. The van der Waals surface area contributed by atoms with Gasteiger partial charge >= 0.3 is 0 Å². The molecule has 0 bridgehead atoms. The second kappa shape index (κ2) is 4.70. The zero-order valence-corrected chi connectivity index (χ0v) is 12.0. The van der Waals surface area contributed by atoms with E-state index in [0.717, 1.165) is 0 Å². The van der Waals surface area contributed by atoms with Crippen LogP contribution >= 0.6 is 31.9 Å². The van der Waals surface area contributed by atoms with Crippen molar-refractivity contribution >= 4 is 31.9 Å². The molecular formula is C12H8Br2O4. The molecule has 0 saturated heterocycles. The molecular weight excluding hydrogens is 368 g/mol. The molecule has 94 valence electrons. The van der Waals surface area contributed by atoms with Gasteiger partial charge in [-0.15, -0.1) is 0 Å². The maximum Gasteiger partial charge on any atom is 0.158 e. The first-order valence-corrected chi connectivity index (χ1v) is 6.42. The number of aromatic hydroxyl groups is 4. The Morgan fingerprint density at radius 2 is 0.833 bits per heavy atom. The summed E-state index contributed by atoms with van der Waals surface area (Å²) in [5.74, 6) is -1.03. The number of halogens is 2. The average molecular weight is 376 g/mol. The van der Waals surface area contributed by atoms with Crippen LogP contribution in [0.1, 0.15) is 0 Å². The molecule has 0 fully saturated rings. The highest BCUT2D eigenvalue weighted by Crippen LogP contribution is 2.43. The van der Waals surface area contributed by atoms with Gasteiger partial charge in [-0.2, -0.15) is 0 Å². The molecule has 4 N–H and O–H groups in total. The molecule has 4 nitrogen and oxygen atoms in total. The Kier molecular flexibility index (Phi) is 3.41. The summed E-state index contributed by atoms with van der Waals surface area (Å²) < 4.78 is 1.09. The lowest BCUT2D eigenvalue weighted by Crippen LogP contribution is -1.83. The average Bonchev–Trinajstić information content (AvgIpc) is 2.29. The number of rotatable bonds is 1. The van der Waals surface area contributed by atoms with Crippen LogP contribution < -0.4 is 0 Å². The minimum Gasteiger partial charge on any atom is -0.504 e. The molecule has 18 heavy (non-hydrogen) atoms. The highest BCUT2D eigenvalue weighted by molar-refractivity contribution is 9.11. The molecule has 0 atom stereocenters. The largest absolute Gasteiger partial charge is 0.504 e. The second-order valence-corrected chi connectivity index (χ2v) is 5.35.